The second kappa shape index (κ2) is 5.40. The number of rotatable bonds is 2. The van der Waals surface area contributed by atoms with Crippen molar-refractivity contribution < 1.29 is 4.79 Å². The van der Waals surface area contributed by atoms with Crippen LogP contribution < -0.4 is 5.73 Å². The first-order valence-corrected chi connectivity index (χ1v) is 6.35. The number of hydrogen-bond acceptors (Lipinski definition) is 3. The molecule has 1 fully saturated rings. The van der Waals surface area contributed by atoms with Crippen LogP contribution in [0.1, 0.15) is 24.1 Å². The standard InChI is InChI=1S/C13H16ClN3O/c1-9-4-5-10(12(14)16-9)8-11(15)13(18)17-6-2-3-7-17/h4-5,8H,2-3,6-7,15H2,1H3/b11-8-. The van der Waals surface area contributed by atoms with Crippen LogP contribution in [0.25, 0.3) is 6.08 Å². The molecule has 1 saturated heterocycles. The van der Waals surface area contributed by atoms with Gasteiger partial charge >= 0.3 is 0 Å². The molecule has 1 aromatic heterocycles. The molecule has 1 amide bonds. The first-order valence-electron chi connectivity index (χ1n) is 5.97. The number of hydrogen-bond donors (Lipinski definition) is 1. The van der Waals surface area contributed by atoms with Crippen molar-refractivity contribution in [3.05, 3.63) is 34.2 Å². The van der Waals surface area contributed by atoms with E-state index in [1.807, 2.05) is 19.1 Å². The van der Waals surface area contributed by atoms with Gasteiger partial charge in [0.05, 0.1) is 5.70 Å². The fourth-order valence-electron chi connectivity index (χ4n) is 1.98. The number of carbonyl (C=O) groups excluding carboxylic acids is 1. The van der Waals surface area contributed by atoms with Crippen LogP contribution in [-0.4, -0.2) is 28.9 Å². The summed E-state index contributed by atoms with van der Waals surface area (Å²) in [6, 6.07) is 3.65. The molecule has 0 aliphatic carbocycles. The van der Waals surface area contributed by atoms with E-state index < -0.39 is 0 Å². The molecule has 96 valence electrons. The molecule has 18 heavy (non-hydrogen) atoms. The van der Waals surface area contributed by atoms with Gasteiger partial charge in [0.1, 0.15) is 5.15 Å². The van der Waals surface area contributed by atoms with E-state index in [2.05, 4.69) is 4.98 Å². The van der Waals surface area contributed by atoms with Gasteiger partial charge in [-0.3, -0.25) is 4.79 Å². The summed E-state index contributed by atoms with van der Waals surface area (Å²) in [5.74, 6) is -0.121. The van der Waals surface area contributed by atoms with Gasteiger partial charge in [-0.15, -0.1) is 0 Å². The highest BCUT2D eigenvalue weighted by atomic mass is 35.5. The summed E-state index contributed by atoms with van der Waals surface area (Å²) in [5, 5.41) is 0.368. The van der Waals surface area contributed by atoms with Gasteiger partial charge in [0, 0.05) is 24.3 Å². The molecule has 1 aliphatic rings. The molecule has 0 aromatic carbocycles. The Morgan fingerprint density at radius 3 is 2.72 bits per heavy atom. The van der Waals surface area contributed by atoms with Gasteiger partial charge in [-0.05, 0) is 31.9 Å². The average Bonchev–Trinajstić information content (AvgIpc) is 2.85. The molecule has 0 radical (unpaired) electrons. The Morgan fingerprint density at radius 1 is 1.44 bits per heavy atom. The van der Waals surface area contributed by atoms with Crippen molar-refractivity contribution in [2.24, 2.45) is 5.73 Å². The molecule has 0 bridgehead atoms. The third-order valence-corrected chi connectivity index (χ3v) is 3.27. The van der Waals surface area contributed by atoms with E-state index in [0.717, 1.165) is 31.6 Å². The van der Waals surface area contributed by atoms with Crippen LogP contribution in [0.2, 0.25) is 5.15 Å². The topological polar surface area (TPSA) is 59.2 Å². The highest BCUT2D eigenvalue weighted by Crippen LogP contribution is 2.17. The summed E-state index contributed by atoms with van der Waals surface area (Å²) >= 11 is 6.00. The number of likely N-dealkylation sites (tertiary alicyclic amines) is 1. The van der Waals surface area contributed by atoms with Gasteiger partial charge in [0.15, 0.2) is 0 Å². The average molecular weight is 266 g/mol. The number of halogens is 1. The molecule has 2 rings (SSSR count). The number of aromatic nitrogens is 1. The van der Waals surface area contributed by atoms with Crippen LogP contribution in [0, 0.1) is 6.92 Å². The van der Waals surface area contributed by atoms with Crippen molar-refractivity contribution in [2.75, 3.05) is 13.1 Å². The maximum atomic E-state index is 12.0. The van der Waals surface area contributed by atoms with Crippen LogP contribution in [0.4, 0.5) is 0 Å². The Hall–Kier alpha value is -1.55. The molecule has 1 aromatic rings. The van der Waals surface area contributed by atoms with Crippen LogP contribution in [-0.2, 0) is 4.79 Å². The van der Waals surface area contributed by atoms with Crippen LogP contribution in [0.15, 0.2) is 17.8 Å². The highest BCUT2D eigenvalue weighted by Gasteiger charge is 2.19. The Kier molecular flexibility index (Phi) is 3.87. The molecule has 0 saturated carbocycles. The summed E-state index contributed by atoms with van der Waals surface area (Å²) < 4.78 is 0. The highest BCUT2D eigenvalue weighted by molar-refractivity contribution is 6.31. The molecule has 2 N–H and O–H groups in total. The Bertz CT molecular complexity index is 493. The van der Waals surface area contributed by atoms with Crippen molar-refractivity contribution in [1.82, 2.24) is 9.88 Å². The van der Waals surface area contributed by atoms with Gasteiger partial charge in [0.25, 0.3) is 5.91 Å². The number of carbonyl (C=O) groups is 1. The van der Waals surface area contributed by atoms with Crippen LogP contribution in [0.5, 0.6) is 0 Å². The lowest BCUT2D eigenvalue weighted by Gasteiger charge is -2.15. The van der Waals surface area contributed by atoms with E-state index in [9.17, 15) is 4.79 Å². The summed E-state index contributed by atoms with van der Waals surface area (Å²) in [6.07, 6.45) is 3.69. The SMILES string of the molecule is Cc1ccc(/C=C(\N)C(=O)N2CCCC2)c(Cl)n1. The quantitative estimate of drug-likeness (QED) is 0.657. The van der Waals surface area contributed by atoms with Crippen molar-refractivity contribution in [3.8, 4) is 0 Å². The zero-order valence-electron chi connectivity index (χ0n) is 10.3. The van der Waals surface area contributed by atoms with E-state index >= 15 is 0 Å². The van der Waals surface area contributed by atoms with E-state index in [1.165, 1.54) is 0 Å². The van der Waals surface area contributed by atoms with Gasteiger partial charge in [0.2, 0.25) is 0 Å². The molecule has 0 spiro atoms. The first-order chi connectivity index (χ1) is 8.58. The van der Waals surface area contributed by atoms with Crippen molar-refractivity contribution >= 4 is 23.6 Å². The number of pyridine rings is 1. The Labute approximate surface area is 111 Å². The third kappa shape index (κ3) is 2.82. The summed E-state index contributed by atoms with van der Waals surface area (Å²) in [7, 11) is 0. The van der Waals surface area contributed by atoms with Crippen LogP contribution in [0.3, 0.4) is 0 Å². The van der Waals surface area contributed by atoms with Crippen molar-refractivity contribution in [1.29, 1.82) is 0 Å². The number of amides is 1. The van der Waals surface area contributed by atoms with E-state index in [0.29, 0.717) is 10.7 Å². The van der Waals surface area contributed by atoms with Crippen LogP contribution >= 0.6 is 11.6 Å². The van der Waals surface area contributed by atoms with E-state index in [4.69, 9.17) is 17.3 Å². The molecular weight excluding hydrogens is 250 g/mol. The molecule has 4 nitrogen and oxygen atoms in total. The second-order valence-electron chi connectivity index (χ2n) is 4.43. The fourth-order valence-corrected chi connectivity index (χ4v) is 2.23. The lowest BCUT2D eigenvalue weighted by molar-refractivity contribution is -0.126. The molecular formula is C13H16ClN3O. The fraction of sp³-hybridized carbons (Fsp3) is 0.385. The number of aryl methyl sites for hydroxylation is 1. The van der Waals surface area contributed by atoms with E-state index in [-0.39, 0.29) is 11.6 Å². The van der Waals surface area contributed by atoms with E-state index in [1.54, 1.807) is 11.0 Å². The molecule has 2 heterocycles. The molecule has 1 aliphatic heterocycles. The van der Waals surface area contributed by atoms with Gasteiger partial charge < -0.3 is 10.6 Å². The minimum atomic E-state index is -0.121. The summed E-state index contributed by atoms with van der Waals surface area (Å²) in [6.45, 7) is 3.43. The predicted molar refractivity (Wildman–Crippen MR) is 72.0 cm³/mol. The maximum absolute atomic E-state index is 12.0. The maximum Gasteiger partial charge on any atom is 0.269 e. The number of nitrogens with zero attached hydrogens (tertiary/aromatic N) is 2. The lowest BCUT2D eigenvalue weighted by atomic mass is 10.2. The zero-order valence-corrected chi connectivity index (χ0v) is 11.1. The smallest absolute Gasteiger partial charge is 0.269 e. The normalized spacial score (nSPS) is 16.1. The first kappa shape index (κ1) is 12.9. The monoisotopic (exact) mass is 265 g/mol. The summed E-state index contributed by atoms with van der Waals surface area (Å²) in [5.41, 5.74) is 7.54. The minimum Gasteiger partial charge on any atom is -0.394 e. The second-order valence-corrected chi connectivity index (χ2v) is 4.79. The predicted octanol–water partition coefficient (Wildman–Crippen LogP) is 1.97. The van der Waals surface area contributed by atoms with Gasteiger partial charge in [-0.1, -0.05) is 17.7 Å². The lowest BCUT2D eigenvalue weighted by Crippen LogP contribution is -2.31. The van der Waals surface area contributed by atoms with Gasteiger partial charge in [-0.25, -0.2) is 4.98 Å². The van der Waals surface area contributed by atoms with Gasteiger partial charge in [-0.2, -0.15) is 0 Å². The zero-order chi connectivity index (χ0) is 13.1. The largest absolute Gasteiger partial charge is 0.394 e. The van der Waals surface area contributed by atoms with Crippen molar-refractivity contribution in [3.63, 3.8) is 0 Å². The Balaban J connectivity index is 2.18. The van der Waals surface area contributed by atoms with Crippen molar-refractivity contribution in [2.45, 2.75) is 19.8 Å². The molecule has 5 heteroatoms. The Morgan fingerprint density at radius 2 is 2.11 bits per heavy atom. The molecule has 0 unspecified atom stereocenters. The third-order valence-electron chi connectivity index (χ3n) is 2.97. The molecule has 0 atom stereocenters. The summed E-state index contributed by atoms with van der Waals surface area (Å²) in [4.78, 5) is 17.9. The minimum absolute atomic E-state index is 0.121. The number of nitrogens with two attached hydrogens (primary N) is 1.